The molecule has 2 rings (SSSR count). The number of amides is 1. The van der Waals surface area contributed by atoms with Crippen LogP contribution in [-0.4, -0.2) is 22.9 Å². The van der Waals surface area contributed by atoms with Gasteiger partial charge in [-0.25, -0.2) is 4.39 Å². The number of hydrogen-bond donors (Lipinski definition) is 1. The number of carbonyl (C=O) groups is 1. The van der Waals surface area contributed by atoms with Crippen LogP contribution < -0.4 is 5.32 Å². The molecule has 1 amide bonds. The van der Waals surface area contributed by atoms with E-state index in [9.17, 15) is 9.18 Å². The Bertz CT molecular complexity index is 584. The third kappa shape index (κ3) is 4.67. The van der Waals surface area contributed by atoms with Gasteiger partial charge in [0.15, 0.2) is 11.5 Å². The lowest BCUT2D eigenvalue weighted by atomic mass is 10.1. The predicted molar refractivity (Wildman–Crippen MR) is 81.9 cm³/mol. The Hall–Kier alpha value is -1.69. The fraction of sp³-hybridized carbons (Fsp3) is 0.333. The molecule has 1 N–H and O–H groups in total. The van der Waals surface area contributed by atoms with Gasteiger partial charge >= 0.3 is 0 Å². The van der Waals surface area contributed by atoms with Crippen molar-refractivity contribution in [2.75, 3.05) is 11.9 Å². The molecule has 0 saturated heterocycles. The van der Waals surface area contributed by atoms with Gasteiger partial charge in [0, 0.05) is 23.5 Å². The summed E-state index contributed by atoms with van der Waals surface area (Å²) in [5.74, 6) is -0.134. The summed E-state index contributed by atoms with van der Waals surface area (Å²) in [4.78, 5) is 11.9. The first-order valence-electron chi connectivity index (χ1n) is 6.77. The van der Waals surface area contributed by atoms with Crippen molar-refractivity contribution in [3.63, 3.8) is 0 Å². The number of alkyl halides is 1. The lowest BCUT2D eigenvalue weighted by Gasteiger charge is -2.01. The van der Waals surface area contributed by atoms with Crippen LogP contribution in [-0.2, 0) is 0 Å². The smallest absolute Gasteiger partial charge is 0.273 e. The van der Waals surface area contributed by atoms with E-state index < -0.39 is 0 Å². The van der Waals surface area contributed by atoms with Crippen LogP contribution >= 0.6 is 15.9 Å². The highest BCUT2D eigenvalue weighted by molar-refractivity contribution is 9.09. The van der Waals surface area contributed by atoms with Crippen LogP contribution in [0.15, 0.2) is 34.9 Å². The molecule has 0 atom stereocenters. The molecule has 0 aliphatic carbocycles. The molecule has 21 heavy (non-hydrogen) atoms. The van der Waals surface area contributed by atoms with Crippen LogP contribution in [0, 0.1) is 5.82 Å². The van der Waals surface area contributed by atoms with Gasteiger partial charge in [-0.2, -0.15) is 0 Å². The molecular weight excluding hydrogens is 339 g/mol. The summed E-state index contributed by atoms with van der Waals surface area (Å²) in [6, 6.07) is 7.39. The SMILES string of the molecule is O=C(NCCCCCBr)c1cc(-c2ccc(F)cc2)on1. The van der Waals surface area contributed by atoms with E-state index in [0.29, 0.717) is 17.9 Å². The Morgan fingerprint density at radius 3 is 2.71 bits per heavy atom. The van der Waals surface area contributed by atoms with Crippen molar-refractivity contribution in [1.29, 1.82) is 0 Å². The minimum atomic E-state index is -0.320. The maximum Gasteiger partial charge on any atom is 0.273 e. The molecule has 4 nitrogen and oxygen atoms in total. The highest BCUT2D eigenvalue weighted by Gasteiger charge is 2.13. The molecule has 0 saturated carbocycles. The number of aromatic nitrogens is 1. The average molecular weight is 355 g/mol. The second kappa shape index (κ2) is 7.93. The van der Waals surface area contributed by atoms with Crippen LogP contribution in [0.1, 0.15) is 29.8 Å². The van der Waals surface area contributed by atoms with Gasteiger partial charge in [-0.05, 0) is 37.1 Å². The van der Waals surface area contributed by atoms with Gasteiger partial charge in [0.1, 0.15) is 5.82 Å². The minimum absolute atomic E-state index is 0.231. The van der Waals surface area contributed by atoms with Crippen LogP contribution in [0.3, 0.4) is 0 Å². The molecule has 0 aliphatic rings. The van der Waals surface area contributed by atoms with Crippen LogP contribution in [0.4, 0.5) is 4.39 Å². The molecule has 6 heteroatoms. The van der Waals surface area contributed by atoms with Crippen molar-refractivity contribution in [3.05, 3.63) is 41.8 Å². The Morgan fingerprint density at radius 2 is 2.00 bits per heavy atom. The van der Waals surface area contributed by atoms with E-state index in [1.54, 1.807) is 18.2 Å². The molecular formula is C15H16BrFN2O2. The maximum atomic E-state index is 12.9. The fourth-order valence-electron chi connectivity index (χ4n) is 1.82. The van der Waals surface area contributed by atoms with Crippen molar-refractivity contribution >= 4 is 21.8 Å². The topological polar surface area (TPSA) is 55.1 Å². The van der Waals surface area contributed by atoms with Gasteiger partial charge in [-0.15, -0.1) is 0 Å². The summed E-state index contributed by atoms with van der Waals surface area (Å²) in [5.41, 5.74) is 0.912. The second-order valence-corrected chi connectivity index (χ2v) is 5.38. The van der Waals surface area contributed by atoms with Crippen molar-refractivity contribution < 1.29 is 13.7 Å². The molecule has 0 spiro atoms. The molecule has 0 aliphatic heterocycles. The van der Waals surface area contributed by atoms with E-state index in [4.69, 9.17) is 4.52 Å². The maximum absolute atomic E-state index is 12.9. The lowest BCUT2D eigenvalue weighted by Crippen LogP contribution is -2.24. The number of benzene rings is 1. The van der Waals surface area contributed by atoms with E-state index in [1.165, 1.54) is 12.1 Å². The van der Waals surface area contributed by atoms with E-state index in [0.717, 1.165) is 24.6 Å². The molecule has 112 valence electrons. The number of unbranched alkanes of at least 4 members (excludes halogenated alkanes) is 2. The molecule has 1 aromatic carbocycles. The molecule has 0 bridgehead atoms. The predicted octanol–water partition coefficient (Wildman–Crippen LogP) is 3.78. The normalized spacial score (nSPS) is 10.6. The lowest BCUT2D eigenvalue weighted by molar-refractivity contribution is 0.0944. The summed E-state index contributed by atoms with van der Waals surface area (Å²) < 4.78 is 18.0. The second-order valence-electron chi connectivity index (χ2n) is 4.59. The number of carbonyl (C=O) groups excluding carboxylic acids is 1. The number of hydrogen-bond acceptors (Lipinski definition) is 3. The van der Waals surface area contributed by atoms with E-state index in [1.807, 2.05) is 0 Å². The molecule has 1 heterocycles. The third-order valence-electron chi connectivity index (χ3n) is 2.97. The number of halogens is 2. The van der Waals surface area contributed by atoms with Gasteiger partial charge in [0.25, 0.3) is 5.91 Å². The van der Waals surface area contributed by atoms with Crippen molar-refractivity contribution in [3.8, 4) is 11.3 Å². The average Bonchev–Trinajstić information content (AvgIpc) is 2.97. The molecule has 0 radical (unpaired) electrons. The first-order valence-corrected chi connectivity index (χ1v) is 7.89. The highest BCUT2D eigenvalue weighted by Crippen LogP contribution is 2.20. The third-order valence-corrected chi connectivity index (χ3v) is 3.53. The summed E-state index contributed by atoms with van der Waals surface area (Å²) in [6.07, 6.45) is 3.08. The number of nitrogens with zero attached hydrogens (tertiary/aromatic N) is 1. The monoisotopic (exact) mass is 354 g/mol. The largest absolute Gasteiger partial charge is 0.355 e. The molecule has 0 unspecified atom stereocenters. The first-order chi connectivity index (χ1) is 10.2. The number of nitrogens with one attached hydrogen (secondary N) is 1. The van der Waals surface area contributed by atoms with Gasteiger partial charge in [0.2, 0.25) is 0 Å². The zero-order valence-corrected chi connectivity index (χ0v) is 13.0. The summed E-state index contributed by atoms with van der Waals surface area (Å²) in [7, 11) is 0. The quantitative estimate of drug-likeness (QED) is 0.608. The Kier molecular flexibility index (Phi) is 5.92. The summed E-state index contributed by atoms with van der Waals surface area (Å²) in [6.45, 7) is 0.616. The summed E-state index contributed by atoms with van der Waals surface area (Å²) >= 11 is 3.36. The summed E-state index contributed by atoms with van der Waals surface area (Å²) in [5, 5.41) is 7.51. The van der Waals surface area contributed by atoms with E-state index >= 15 is 0 Å². The van der Waals surface area contributed by atoms with Gasteiger partial charge in [0.05, 0.1) is 0 Å². The molecule has 2 aromatic rings. The zero-order valence-electron chi connectivity index (χ0n) is 11.4. The van der Waals surface area contributed by atoms with Gasteiger partial charge in [-0.1, -0.05) is 27.5 Å². The molecule has 1 aromatic heterocycles. The van der Waals surface area contributed by atoms with Crippen LogP contribution in [0.2, 0.25) is 0 Å². The Labute approximate surface area is 130 Å². The first kappa shape index (κ1) is 15.7. The van der Waals surface area contributed by atoms with Crippen LogP contribution in [0.5, 0.6) is 0 Å². The van der Waals surface area contributed by atoms with Gasteiger partial charge in [-0.3, -0.25) is 4.79 Å². The fourth-order valence-corrected chi connectivity index (χ4v) is 2.22. The van der Waals surface area contributed by atoms with Gasteiger partial charge < -0.3 is 9.84 Å². The van der Waals surface area contributed by atoms with Crippen molar-refractivity contribution in [2.45, 2.75) is 19.3 Å². The standard InChI is InChI=1S/C15H16BrFN2O2/c16-8-2-1-3-9-18-15(20)13-10-14(21-19-13)11-4-6-12(17)7-5-11/h4-7,10H,1-3,8-9H2,(H,18,20). The van der Waals surface area contributed by atoms with E-state index in [-0.39, 0.29) is 17.4 Å². The minimum Gasteiger partial charge on any atom is -0.355 e. The van der Waals surface area contributed by atoms with Crippen molar-refractivity contribution in [1.82, 2.24) is 10.5 Å². The van der Waals surface area contributed by atoms with Crippen LogP contribution in [0.25, 0.3) is 11.3 Å². The number of rotatable bonds is 7. The zero-order chi connectivity index (χ0) is 15.1. The Balaban J connectivity index is 1.90. The van der Waals surface area contributed by atoms with Crippen molar-refractivity contribution in [2.24, 2.45) is 0 Å². The van der Waals surface area contributed by atoms with E-state index in [2.05, 4.69) is 26.4 Å². The highest BCUT2D eigenvalue weighted by atomic mass is 79.9. The molecule has 0 fully saturated rings. The Morgan fingerprint density at radius 1 is 1.24 bits per heavy atom.